The van der Waals surface area contributed by atoms with Gasteiger partial charge in [0.25, 0.3) is 0 Å². The Labute approximate surface area is 124 Å². The number of benzene rings is 1. The van der Waals surface area contributed by atoms with Crippen molar-refractivity contribution >= 4 is 28.4 Å². The monoisotopic (exact) mass is 285 g/mol. The van der Waals surface area contributed by atoms with Gasteiger partial charge >= 0.3 is 0 Å². The van der Waals surface area contributed by atoms with Crippen molar-refractivity contribution in [1.29, 1.82) is 0 Å². The van der Waals surface area contributed by atoms with Crippen molar-refractivity contribution in [3.8, 4) is 0 Å². The van der Waals surface area contributed by atoms with Crippen molar-refractivity contribution in [3.05, 3.63) is 36.5 Å². The van der Waals surface area contributed by atoms with E-state index >= 15 is 0 Å². The first-order valence-electron chi connectivity index (χ1n) is 7.07. The van der Waals surface area contributed by atoms with Crippen LogP contribution in [0.15, 0.2) is 36.5 Å². The Morgan fingerprint density at radius 3 is 2.57 bits per heavy atom. The van der Waals surface area contributed by atoms with Gasteiger partial charge in [0.05, 0.1) is 11.2 Å². The summed E-state index contributed by atoms with van der Waals surface area (Å²) in [7, 11) is 0. The number of nitrogens with zero attached hydrogens (tertiary/aromatic N) is 2. The average molecular weight is 285 g/mol. The van der Waals surface area contributed by atoms with E-state index in [9.17, 15) is 9.59 Å². The van der Waals surface area contributed by atoms with Crippen LogP contribution in [0.25, 0.3) is 10.9 Å². The SMILES string of the molecule is CCN(CC)C(=O)CC(=O)Nc1cccc2cccnc12. The van der Waals surface area contributed by atoms with Gasteiger partial charge in [-0.15, -0.1) is 0 Å². The first-order valence-corrected chi connectivity index (χ1v) is 7.07. The summed E-state index contributed by atoms with van der Waals surface area (Å²) in [6.45, 7) is 5.01. The molecule has 1 N–H and O–H groups in total. The Hall–Kier alpha value is -2.43. The molecular weight excluding hydrogens is 266 g/mol. The predicted molar refractivity (Wildman–Crippen MR) is 82.9 cm³/mol. The lowest BCUT2D eigenvalue weighted by Crippen LogP contribution is -2.33. The quantitative estimate of drug-likeness (QED) is 0.858. The average Bonchev–Trinajstić information content (AvgIpc) is 2.48. The molecule has 0 fully saturated rings. The van der Waals surface area contributed by atoms with E-state index in [1.54, 1.807) is 17.2 Å². The molecule has 0 saturated heterocycles. The lowest BCUT2D eigenvalue weighted by atomic mass is 10.2. The third kappa shape index (κ3) is 3.56. The number of aromatic nitrogens is 1. The van der Waals surface area contributed by atoms with Gasteiger partial charge in [-0.2, -0.15) is 0 Å². The molecule has 5 heteroatoms. The van der Waals surface area contributed by atoms with Gasteiger partial charge in [-0.1, -0.05) is 18.2 Å². The summed E-state index contributed by atoms with van der Waals surface area (Å²) in [5.41, 5.74) is 1.36. The molecular formula is C16H19N3O2. The molecule has 1 aromatic heterocycles. The van der Waals surface area contributed by atoms with Gasteiger partial charge < -0.3 is 10.2 Å². The van der Waals surface area contributed by atoms with Crippen LogP contribution >= 0.6 is 0 Å². The van der Waals surface area contributed by atoms with Gasteiger partial charge in [0.15, 0.2) is 0 Å². The number of carbonyl (C=O) groups is 2. The highest BCUT2D eigenvalue weighted by atomic mass is 16.2. The Bertz CT molecular complexity index is 646. The van der Waals surface area contributed by atoms with E-state index in [-0.39, 0.29) is 18.2 Å². The number of amides is 2. The second-order valence-electron chi connectivity index (χ2n) is 4.67. The Morgan fingerprint density at radius 2 is 1.86 bits per heavy atom. The summed E-state index contributed by atoms with van der Waals surface area (Å²) < 4.78 is 0. The van der Waals surface area contributed by atoms with E-state index in [0.717, 1.165) is 10.9 Å². The molecule has 21 heavy (non-hydrogen) atoms. The highest BCUT2D eigenvalue weighted by Crippen LogP contribution is 2.20. The van der Waals surface area contributed by atoms with Crippen LogP contribution in [0.3, 0.4) is 0 Å². The maximum Gasteiger partial charge on any atom is 0.233 e. The molecule has 0 bridgehead atoms. The zero-order valence-corrected chi connectivity index (χ0v) is 12.3. The second kappa shape index (κ2) is 6.83. The van der Waals surface area contributed by atoms with E-state index in [0.29, 0.717) is 18.8 Å². The molecule has 1 heterocycles. The standard InChI is InChI=1S/C16H19N3O2/c1-3-19(4-2)15(21)11-14(20)18-13-9-5-7-12-8-6-10-17-16(12)13/h5-10H,3-4,11H2,1-2H3,(H,18,20). The first-order chi connectivity index (χ1) is 10.2. The van der Waals surface area contributed by atoms with E-state index in [2.05, 4.69) is 10.3 Å². The van der Waals surface area contributed by atoms with E-state index in [4.69, 9.17) is 0 Å². The van der Waals surface area contributed by atoms with Crippen LogP contribution in [0.2, 0.25) is 0 Å². The third-order valence-corrected chi connectivity index (χ3v) is 3.33. The fourth-order valence-electron chi connectivity index (χ4n) is 2.22. The number of rotatable bonds is 5. The lowest BCUT2D eigenvalue weighted by Gasteiger charge is -2.18. The number of carbonyl (C=O) groups excluding carboxylic acids is 2. The van der Waals surface area contributed by atoms with Gasteiger partial charge in [0.1, 0.15) is 6.42 Å². The number of para-hydroxylation sites is 1. The van der Waals surface area contributed by atoms with Gasteiger partial charge in [-0.25, -0.2) is 0 Å². The summed E-state index contributed by atoms with van der Waals surface area (Å²) in [5.74, 6) is -0.476. The summed E-state index contributed by atoms with van der Waals surface area (Å²) >= 11 is 0. The fourth-order valence-corrected chi connectivity index (χ4v) is 2.22. The van der Waals surface area contributed by atoms with Crippen molar-refractivity contribution in [2.75, 3.05) is 18.4 Å². The largest absolute Gasteiger partial charge is 0.343 e. The maximum absolute atomic E-state index is 12.0. The zero-order valence-electron chi connectivity index (χ0n) is 12.3. The molecule has 0 unspecified atom stereocenters. The van der Waals surface area contributed by atoms with Crippen molar-refractivity contribution in [2.24, 2.45) is 0 Å². The minimum absolute atomic E-state index is 0.148. The van der Waals surface area contributed by atoms with Gasteiger partial charge in [0, 0.05) is 24.7 Å². The van der Waals surface area contributed by atoms with Crippen LogP contribution in [0, 0.1) is 0 Å². The maximum atomic E-state index is 12.0. The number of anilines is 1. The van der Waals surface area contributed by atoms with Crippen molar-refractivity contribution in [2.45, 2.75) is 20.3 Å². The van der Waals surface area contributed by atoms with E-state index < -0.39 is 0 Å². The number of pyridine rings is 1. The van der Waals surface area contributed by atoms with Crippen molar-refractivity contribution in [3.63, 3.8) is 0 Å². The molecule has 0 atom stereocenters. The predicted octanol–water partition coefficient (Wildman–Crippen LogP) is 2.43. The van der Waals surface area contributed by atoms with Gasteiger partial charge in [-0.05, 0) is 26.0 Å². The Kier molecular flexibility index (Phi) is 4.87. The fraction of sp³-hybridized carbons (Fsp3) is 0.312. The topological polar surface area (TPSA) is 62.3 Å². The molecule has 0 radical (unpaired) electrons. The summed E-state index contributed by atoms with van der Waals surface area (Å²) in [4.78, 5) is 29.8. The molecule has 5 nitrogen and oxygen atoms in total. The molecule has 0 spiro atoms. The minimum Gasteiger partial charge on any atom is -0.343 e. The van der Waals surface area contributed by atoms with Crippen molar-refractivity contribution in [1.82, 2.24) is 9.88 Å². The number of hydrogen-bond acceptors (Lipinski definition) is 3. The van der Waals surface area contributed by atoms with Crippen LogP contribution in [0.5, 0.6) is 0 Å². The van der Waals surface area contributed by atoms with E-state index in [1.165, 1.54) is 0 Å². The smallest absolute Gasteiger partial charge is 0.233 e. The molecule has 1 aromatic carbocycles. The Balaban J connectivity index is 2.10. The molecule has 2 aromatic rings. The lowest BCUT2D eigenvalue weighted by molar-refractivity contribution is -0.134. The number of fused-ring (bicyclic) bond motifs is 1. The summed E-state index contributed by atoms with van der Waals surface area (Å²) in [6.07, 6.45) is 1.53. The van der Waals surface area contributed by atoms with E-state index in [1.807, 2.05) is 38.1 Å². The van der Waals surface area contributed by atoms with Gasteiger partial charge in [-0.3, -0.25) is 14.6 Å². The second-order valence-corrected chi connectivity index (χ2v) is 4.67. The number of nitrogens with one attached hydrogen (secondary N) is 1. The summed E-state index contributed by atoms with van der Waals surface area (Å²) in [6, 6.07) is 9.34. The van der Waals surface area contributed by atoms with Crippen LogP contribution in [-0.2, 0) is 9.59 Å². The van der Waals surface area contributed by atoms with Crippen LogP contribution in [-0.4, -0.2) is 34.8 Å². The molecule has 0 aliphatic rings. The highest BCUT2D eigenvalue weighted by molar-refractivity contribution is 6.07. The molecule has 0 aliphatic carbocycles. The first kappa shape index (κ1) is 15.0. The zero-order chi connectivity index (χ0) is 15.2. The normalized spacial score (nSPS) is 10.4. The minimum atomic E-state index is -0.315. The Morgan fingerprint density at radius 1 is 1.14 bits per heavy atom. The summed E-state index contributed by atoms with van der Waals surface area (Å²) in [5, 5.41) is 3.72. The highest BCUT2D eigenvalue weighted by Gasteiger charge is 2.15. The molecule has 2 amide bonds. The van der Waals surface area contributed by atoms with Crippen molar-refractivity contribution < 1.29 is 9.59 Å². The molecule has 110 valence electrons. The molecule has 0 aliphatic heterocycles. The van der Waals surface area contributed by atoms with Crippen LogP contribution in [0.4, 0.5) is 5.69 Å². The third-order valence-electron chi connectivity index (χ3n) is 3.33. The molecule has 0 saturated carbocycles. The number of hydrogen-bond donors (Lipinski definition) is 1. The van der Waals surface area contributed by atoms with Crippen LogP contribution < -0.4 is 5.32 Å². The molecule has 2 rings (SSSR count). The van der Waals surface area contributed by atoms with Crippen LogP contribution in [0.1, 0.15) is 20.3 Å². The van der Waals surface area contributed by atoms with Gasteiger partial charge in [0.2, 0.25) is 11.8 Å².